The summed E-state index contributed by atoms with van der Waals surface area (Å²) in [6.45, 7) is 4.97. The minimum atomic E-state index is -0.214. The second kappa shape index (κ2) is 3.74. The summed E-state index contributed by atoms with van der Waals surface area (Å²) in [5, 5.41) is 0. The molecule has 3 heteroatoms. The van der Waals surface area contributed by atoms with Crippen LogP contribution in [0.25, 0.3) is 0 Å². The number of benzene rings is 1. The Morgan fingerprint density at radius 2 is 2.12 bits per heavy atom. The third-order valence-electron chi connectivity index (χ3n) is 3.83. The van der Waals surface area contributed by atoms with Gasteiger partial charge in [0.1, 0.15) is 11.6 Å². The third kappa shape index (κ3) is 1.59. The second-order valence-electron chi connectivity index (χ2n) is 5.03. The molecule has 1 aliphatic carbocycles. The van der Waals surface area contributed by atoms with Crippen molar-refractivity contribution in [1.29, 1.82) is 0 Å². The zero-order valence-electron chi connectivity index (χ0n) is 9.96. The fourth-order valence-corrected chi connectivity index (χ4v) is 2.75. The summed E-state index contributed by atoms with van der Waals surface area (Å²) in [6.07, 6.45) is 0. The number of hydrogen-bond donors (Lipinski definition) is 1. The molecule has 88 valence electrons. The Labute approximate surface area is 95.6 Å². The van der Waals surface area contributed by atoms with E-state index in [4.69, 9.17) is 10.5 Å². The first-order chi connectivity index (χ1) is 7.52. The van der Waals surface area contributed by atoms with Crippen molar-refractivity contribution in [2.45, 2.75) is 19.8 Å². The predicted octanol–water partition coefficient (Wildman–Crippen LogP) is 2.53. The molecule has 0 saturated heterocycles. The van der Waals surface area contributed by atoms with E-state index in [2.05, 4.69) is 13.8 Å². The minimum absolute atomic E-state index is 0.149. The molecule has 0 bridgehead atoms. The van der Waals surface area contributed by atoms with Crippen molar-refractivity contribution < 1.29 is 9.13 Å². The molecule has 0 unspecified atom stereocenters. The number of methoxy groups -OCH3 is 1. The molecule has 2 nitrogen and oxygen atoms in total. The molecule has 1 saturated carbocycles. The monoisotopic (exact) mass is 223 g/mol. The summed E-state index contributed by atoms with van der Waals surface area (Å²) in [5.74, 6) is 1.27. The van der Waals surface area contributed by atoms with Crippen LogP contribution in [0, 0.1) is 17.2 Å². The first-order valence-corrected chi connectivity index (χ1v) is 5.56. The van der Waals surface area contributed by atoms with E-state index >= 15 is 0 Å². The molecule has 0 radical (unpaired) electrons. The van der Waals surface area contributed by atoms with E-state index in [9.17, 15) is 4.39 Å². The van der Waals surface area contributed by atoms with Crippen molar-refractivity contribution in [3.8, 4) is 5.75 Å². The lowest BCUT2D eigenvalue weighted by Gasteiger charge is -2.09. The lowest BCUT2D eigenvalue weighted by Crippen LogP contribution is -2.05. The molecule has 0 amide bonds. The highest BCUT2D eigenvalue weighted by molar-refractivity contribution is 5.43. The molecule has 16 heavy (non-hydrogen) atoms. The maximum atomic E-state index is 13.3. The van der Waals surface area contributed by atoms with Gasteiger partial charge in [-0.2, -0.15) is 0 Å². The Hall–Kier alpha value is -1.09. The molecule has 1 fully saturated rings. The number of halogens is 1. The van der Waals surface area contributed by atoms with Gasteiger partial charge in [0.25, 0.3) is 0 Å². The molecule has 0 aromatic heterocycles. The van der Waals surface area contributed by atoms with Crippen molar-refractivity contribution in [3.63, 3.8) is 0 Å². The van der Waals surface area contributed by atoms with Crippen molar-refractivity contribution >= 4 is 0 Å². The summed E-state index contributed by atoms with van der Waals surface area (Å²) in [6, 6.07) is 4.68. The van der Waals surface area contributed by atoms with Crippen molar-refractivity contribution in [2.24, 2.45) is 17.1 Å². The van der Waals surface area contributed by atoms with Crippen LogP contribution in [0.2, 0.25) is 0 Å². The molecule has 0 aliphatic heterocycles. The largest absolute Gasteiger partial charge is 0.496 e. The van der Waals surface area contributed by atoms with Crippen LogP contribution in [0.3, 0.4) is 0 Å². The van der Waals surface area contributed by atoms with Gasteiger partial charge in [-0.25, -0.2) is 4.39 Å². The fourth-order valence-electron chi connectivity index (χ4n) is 2.75. The van der Waals surface area contributed by atoms with Crippen molar-refractivity contribution in [3.05, 3.63) is 29.6 Å². The summed E-state index contributed by atoms with van der Waals surface area (Å²) >= 11 is 0. The van der Waals surface area contributed by atoms with E-state index in [0.29, 0.717) is 18.4 Å². The average molecular weight is 223 g/mol. The summed E-state index contributed by atoms with van der Waals surface area (Å²) < 4.78 is 18.5. The molecule has 2 rings (SSSR count). The zero-order valence-corrected chi connectivity index (χ0v) is 9.96. The lowest BCUT2D eigenvalue weighted by atomic mass is 10.0. The SMILES string of the molecule is COc1ccc(F)cc1[C@H]1[C@H](CN)C1(C)C. The maximum Gasteiger partial charge on any atom is 0.123 e. The smallest absolute Gasteiger partial charge is 0.123 e. The van der Waals surface area contributed by atoms with Crippen LogP contribution in [-0.4, -0.2) is 13.7 Å². The highest BCUT2D eigenvalue weighted by atomic mass is 19.1. The number of ether oxygens (including phenoxy) is 1. The van der Waals surface area contributed by atoms with Gasteiger partial charge in [-0.05, 0) is 42.0 Å². The summed E-state index contributed by atoms with van der Waals surface area (Å²) in [7, 11) is 1.61. The van der Waals surface area contributed by atoms with Crippen LogP contribution in [-0.2, 0) is 0 Å². The van der Waals surface area contributed by atoms with Gasteiger partial charge >= 0.3 is 0 Å². The molecule has 2 N–H and O–H groups in total. The van der Waals surface area contributed by atoms with E-state index in [0.717, 1.165) is 11.3 Å². The molecule has 2 atom stereocenters. The van der Waals surface area contributed by atoms with Gasteiger partial charge in [-0.1, -0.05) is 13.8 Å². The summed E-state index contributed by atoms with van der Waals surface area (Å²) in [4.78, 5) is 0. The zero-order chi connectivity index (χ0) is 11.9. The average Bonchev–Trinajstić information content (AvgIpc) is 2.80. The van der Waals surface area contributed by atoms with Gasteiger partial charge in [0.2, 0.25) is 0 Å². The fraction of sp³-hybridized carbons (Fsp3) is 0.538. The van der Waals surface area contributed by atoms with E-state index in [1.54, 1.807) is 19.2 Å². The van der Waals surface area contributed by atoms with Crippen LogP contribution < -0.4 is 10.5 Å². The van der Waals surface area contributed by atoms with E-state index in [1.807, 2.05) is 0 Å². The van der Waals surface area contributed by atoms with Gasteiger partial charge < -0.3 is 10.5 Å². The Balaban J connectivity index is 2.38. The van der Waals surface area contributed by atoms with Gasteiger partial charge in [0, 0.05) is 5.56 Å². The standard InChI is InChI=1S/C13H18FNO/c1-13(2)10(7-15)12(13)9-6-8(14)4-5-11(9)16-3/h4-6,10,12H,7,15H2,1-3H3/t10-,12-/m0/s1. The molecular weight excluding hydrogens is 205 g/mol. The van der Waals surface area contributed by atoms with Crippen LogP contribution in [0.4, 0.5) is 4.39 Å². The van der Waals surface area contributed by atoms with Gasteiger partial charge in [0.15, 0.2) is 0 Å². The molecule has 1 aromatic carbocycles. The van der Waals surface area contributed by atoms with E-state index in [1.165, 1.54) is 6.07 Å². The molecular formula is C13H18FNO. The second-order valence-corrected chi connectivity index (χ2v) is 5.03. The number of hydrogen-bond acceptors (Lipinski definition) is 2. The van der Waals surface area contributed by atoms with Gasteiger partial charge in [-0.3, -0.25) is 0 Å². The lowest BCUT2D eigenvalue weighted by molar-refractivity contribution is 0.406. The first kappa shape index (κ1) is 11.4. The Morgan fingerprint density at radius 1 is 1.44 bits per heavy atom. The van der Waals surface area contributed by atoms with Crippen LogP contribution in [0.15, 0.2) is 18.2 Å². The quantitative estimate of drug-likeness (QED) is 0.854. The number of nitrogens with two attached hydrogens (primary N) is 1. The maximum absolute atomic E-state index is 13.3. The molecule has 1 aromatic rings. The minimum Gasteiger partial charge on any atom is -0.496 e. The Bertz CT molecular complexity index is 403. The first-order valence-electron chi connectivity index (χ1n) is 5.56. The van der Waals surface area contributed by atoms with Crippen LogP contribution >= 0.6 is 0 Å². The third-order valence-corrected chi connectivity index (χ3v) is 3.83. The van der Waals surface area contributed by atoms with Gasteiger partial charge in [-0.15, -0.1) is 0 Å². The van der Waals surface area contributed by atoms with Crippen molar-refractivity contribution in [2.75, 3.05) is 13.7 Å². The predicted molar refractivity (Wildman–Crippen MR) is 62.0 cm³/mol. The molecule has 0 spiro atoms. The molecule has 0 heterocycles. The van der Waals surface area contributed by atoms with Gasteiger partial charge in [0.05, 0.1) is 7.11 Å². The highest BCUT2D eigenvalue weighted by Gasteiger charge is 2.58. The Kier molecular flexibility index (Phi) is 2.66. The molecule has 1 aliphatic rings. The van der Waals surface area contributed by atoms with Crippen LogP contribution in [0.5, 0.6) is 5.75 Å². The van der Waals surface area contributed by atoms with E-state index < -0.39 is 0 Å². The summed E-state index contributed by atoms with van der Waals surface area (Å²) in [5.41, 5.74) is 6.83. The van der Waals surface area contributed by atoms with E-state index in [-0.39, 0.29) is 11.2 Å². The van der Waals surface area contributed by atoms with Crippen molar-refractivity contribution in [1.82, 2.24) is 0 Å². The normalized spacial score (nSPS) is 26.6. The van der Waals surface area contributed by atoms with Crippen LogP contribution in [0.1, 0.15) is 25.3 Å². The topological polar surface area (TPSA) is 35.2 Å². The highest BCUT2D eigenvalue weighted by Crippen LogP contribution is 2.65. The number of rotatable bonds is 3. The Morgan fingerprint density at radius 3 is 2.62 bits per heavy atom.